The zero-order valence-electron chi connectivity index (χ0n) is 14.1. The molecule has 1 aromatic carbocycles. The monoisotopic (exact) mass is 341 g/mol. The van der Waals surface area contributed by atoms with Crippen LogP contribution in [0, 0.1) is 0 Å². The summed E-state index contributed by atoms with van der Waals surface area (Å²) in [7, 11) is 0. The van der Waals surface area contributed by atoms with Crippen molar-refractivity contribution in [2.45, 2.75) is 25.3 Å². The molecule has 1 fully saturated rings. The summed E-state index contributed by atoms with van der Waals surface area (Å²) in [6, 6.07) is 9.56. The number of benzene rings is 1. The highest BCUT2D eigenvalue weighted by Crippen LogP contribution is 2.26. The summed E-state index contributed by atoms with van der Waals surface area (Å²) >= 11 is 0. The van der Waals surface area contributed by atoms with Crippen LogP contribution in [0.3, 0.4) is 0 Å². The predicted octanol–water partition coefficient (Wildman–Crippen LogP) is 1.31. The molecule has 132 valence electrons. The second-order valence-corrected chi connectivity index (χ2v) is 6.30. The number of nitrogens with zero attached hydrogens (tertiary/aromatic N) is 3. The molecule has 2 aromatic rings. The second kappa shape index (κ2) is 7.83. The van der Waals surface area contributed by atoms with Crippen LogP contribution in [-0.2, 0) is 11.3 Å². The van der Waals surface area contributed by atoms with Gasteiger partial charge in [0.1, 0.15) is 5.82 Å². The van der Waals surface area contributed by atoms with E-state index in [1.165, 1.54) is 5.56 Å². The molecule has 0 bridgehead atoms. The summed E-state index contributed by atoms with van der Waals surface area (Å²) in [5, 5.41) is 2.36. The van der Waals surface area contributed by atoms with Gasteiger partial charge >= 0.3 is 6.03 Å². The first-order valence-electron chi connectivity index (χ1n) is 8.49. The van der Waals surface area contributed by atoms with Gasteiger partial charge in [0.05, 0.1) is 6.54 Å². The van der Waals surface area contributed by atoms with Crippen molar-refractivity contribution in [1.29, 1.82) is 0 Å². The van der Waals surface area contributed by atoms with Gasteiger partial charge in [-0.15, -0.1) is 0 Å². The summed E-state index contributed by atoms with van der Waals surface area (Å²) in [5.41, 5.74) is 6.25. The third-order valence-electron chi connectivity index (χ3n) is 4.50. The van der Waals surface area contributed by atoms with Gasteiger partial charge < -0.3 is 20.5 Å². The van der Waals surface area contributed by atoms with Crippen molar-refractivity contribution in [1.82, 2.24) is 19.8 Å². The number of primary amides is 1. The maximum absolute atomic E-state index is 12.2. The smallest absolute Gasteiger partial charge is 0.312 e. The fraction of sp³-hybridized carbons (Fsp3) is 0.389. The molecule has 0 unspecified atom stereocenters. The van der Waals surface area contributed by atoms with Gasteiger partial charge in [0.15, 0.2) is 0 Å². The van der Waals surface area contributed by atoms with Gasteiger partial charge in [0.2, 0.25) is 5.91 Å². The van der Waals surface area contributed by atoms with E-state index in [-0.39, 0.29) is 18.4 Å². The number of nitrogens with one attached hydrogen (secondary N) is 1. The summed E-state index contributed by atoms with van der Waals surface area (Å²) in [6.07, 6.45) is 5.72. The Morgan fingerprint density at radius 1 is 1.28 bits per heavy atom. The van der Waals surface area contributed by atoms with E-state index >= 15 is 0 Å². The lowest BCUT2D eigenvalue weighted by atomic mass is 9.97. The number of hydrogen-bond donors (Lipinski definition) is 2. The Labute approximate surface area is 146 Å². The van der Waals surface area contributed by atoms with Crippen LogP contribution in [0.5, 0.6) is 0 Å². The van der Waals surface area contributed by atoms with E-state index in [0.717, 1.165) is 25.2 Å². The number of carbonyl (C=O) groups is 2. The van der Waals surface area contributed by atoms with Gasteiger partial charge in [-0.05, 0) is 18.4 Å². The molecule has 1 atom stereocenters. The van der Waals surface area contributed by atoms with Crippen LogP contribution in [0.25, 0.3) is 0 Å². The molecule has 2 heterocycles. The van der Waals surface area contributed by atoms with Gasteiger partial charge in [-0.1, -0.05) is 30.3 Å². The molecule has 1 aliphatic heterocycles. The van der Waals surface area contributed by atoms with Crippen LogP contribution >= 0.6 is 0 Å². The van der Waals surface area contributed by atoms with Crippen LogP contribution in [0.4, 0.5) is 4.79 Å². The first kappa shape index (κ1) is 17.0. The topological polar surface area (TPSA) is 93.2 Å². The first-order valence-corrected chi connectivity index (χ1v) is 8.49. The van der Waals surface area contributed by atoms with Gasteiger partial charge in [-0.25, -0.2) is 9.78 Å². The SMILES string of the molecule is NC(=O)NCC(=O)N1CCC[C@@H](c2nccn2Cc2ccccc2)C1. The third-order valence-corrected chi connectivity index (χ3v) is 4.50. The molecule has 0 saturated carbocycles. The average molecular weight is 341 g/mol. The average Bonchev–Trinajstić information content (AvgIpc) is 3.08. The molecule has 7 heteroatoms. The van der Waals surface area contributed by atoms with Crippen LogP contribution in [0.2, 0.25) is 0 Å². The van der Waals surface area contributed by atoms with Gasteiger partial charge in [-0.2, -0.15) is 0 Å². The molecule has 25 heavy (non-hydrogen) atoms. The van der Waals surface area contributed by atoms with Crippen LogP contribution in [0.15, 0.2) is 42.7 Å². The lowest BCUT2D eigenvalue weighted by Crippen LogP contribution is -2.45. The molecule has 7 nitrogen and oxygen atoms in total. The minimum Gasteiger partial charge on any atom is -0.352 e. The molecule has 1 saturated heterocycles. The van der Waals surface area contributed by atoms with Crippen molar-refractivity contribution >= 4 is 11.9 Å². The predicted molar refractivity (Wildman–Crippen MR) is 93.9 cm³/mol. The van der Waals surface area contributed by atoms with Crippen molar-refractivity contribution in [3.63, 3.8) is 0 Å². The molecule has 0 spiro atoms. The summed E-state index contributed by atoms with van der Waals surface area (Å²) in [5.74, 6) is 1.10. The van der Waals surface area contributed by atoms with E-state index in [2.05, 4.69) is 27.0 Å². The molecule has 1 aliphatic rings. The Morgan fingerprint density at radius 2 is 2.08 bits per heavy atom. The second-order valence-electron chi connectivity index (χ2n) is 6.30. The number of piperidine rings is 1. The number of imidazole rings is 1. The Kier molecular flexibility index (Phi) is 5.33. The van der Waals surface area contributed by atoms with E-state index in [0.29, 0.717) is 13.1 Å². The number of likely N-dealkylation sites (tertiary alicyclic amines) is 1. The molecule has 3 amide bonds. The highest BCUT2D eigenvalue weighted by Gasteiger charge is 2.27. The highest BCUT2D eigenvalue weighted by molar-refractivity contribution is 5.83. The molecular formula is C18H23N5O2. The number of amides is 3. The Hall–Kier alpha value is -2.83. The number of aromatic nitrogens is 2. The number of carbonyl (C=O) groups excluding carboxylic acids is 2. The Morgan fingerprint density at radius 3 is 2.84 bits per heavy atom. The fourth-order valence-electron chi connectivity index (χ4n) is 3.28. The summed E-state index contributed by atoms with van der Waals surface area (Å²) < 4.78 is 2.15. The van der Waals surface area contributed by atoms with E-state index in [1.54, 1.807) is 4.90 Å². The van der Waals surface area contributed by atoms with Gasteiger partial charge in [-0.3, -0.25) is 4.79 Å². The highest BCUT2D eigenvalue weighted by atomic mass is 16.2. The van der Waals surface area contributed by atoms with E-state index in [1.807, 2.05) is 30.6 Å². The summed E-state index contributed by atoms with van der Waals surface area (Å²) in [4.78, 5) is 29.3. The number of hydrogen-bond acceptors (Lipinski definition) is 3. The Balaban J connectivity index is 1.67. The zero-order chi connectivity index (χ0) is 17.6. The maximum Gasteiger partial charge on any atom is 0.312 e. The maximum atomic E-state index is 12.2. The first-order chi connectivity index (χ1) is 12.1. The molecule has 0 radical (unpaired) electrons. The quantitative estimate of drug-likeness (QED) is 0.858. The van der Waals surface area contributed by atoms with Crippen LogP contribution in [0.1, 0.15) is 30.1 Å². The molecular weight excluding hydrogens is 318 g/mol. The van der Waals surface area contributed by atoms with E-state index < -0.39 is 6.03 Å². The number of urea groups is 1. The molecule has 1 aromatic heterocycles. The Bertz CT molecular complexity index is 728. The molecule has 0 aliphatic carbocycles. The van der Waals surface area contributed by atoms with E-state index in [9.17, 15) is 9.59 Å². The minimum atomic E-state index is -0.680. The van der Waals surface area contributed by atoms with E-state index in [4.69, 9.17) is 5.73 Å². The fourth-order valence-corrected chi connectivity index (χ4v) is 3.28. The lowest BCUT2D eigenvalue weighted by Gasteiger charge is -2.32. The lowest BCUT2D eigenvalue weighted by molar-refractivity contribution is -0.131. The summed E-state index contributed by atoms with van der Waals surface area (Å²) in [6.45, 7) is 2.03. The van der Waals surface area contributed by atoms with Gasteiger partial charge in [0.25, 0.3) is 0 Å². The van der Waals surface area contributed by atoms with Crippen LogP contribution in [-0.4, -0.2) is 46.0 Å². The largest absolute Gasteiger partial charge is 0.352 e. The van der Waals surface area contributed by atoms with Crippen molar-refractivity contribution in [3.05, 3.63) is 54.1 Å². The van der Waals surface area contributed by atoms with Gasteiger partial charge in [0, 0.05) is 37.9 Å². The molecule has 3 N–H and O–H groups in total. The normalized spacial score (nSPS) is 17.3. The zero-order valence-corrected chi connectivity index (χ0v) is 14.1. The van der Waals surface area contributed by atoms with Crippen molar-refractivity contribution in [2.75, 3.05) is 19.6 Å². The molecule has 3 rings (SSSR count). The third kappa shape index (κ3) is 4.37. The van der Waals surface area contributed by atoms with Crippen molar-refractivity contribution < 1.29 is 9.59 Å². The standard InChI is InChI=1S/C18H23N5O2/c19-18(25)21-11-16(24)22-9-4-7-15(13-22)17-20-8-10-23(17)12-14-5-2-1-3-6-14/h1-3,5-6,8,10,15H,4,7,9,11-13H2,(H3,19,21,25)/t15-/m1/s1. The number of nitrogens with two attached hydrogens (primary N) is 1. The van der Waals surface area contributed by atoms with Crippen molar-refractivity contribution in [3.8, 4) is 0 Å². The van der Waals surface area contributed by atoms with Crippen LogP contribution < -0.4 is 11.1 Å². The van der Waals surface area contributed by atoms with Crippen molar-refractivity contribution in [2.24, 2.45) is 5.73 Å². The number of rotatable bonds is 5. The minimum absolute atomic E-state index is 0.0551.